The molecule has 2 N–H and O–H groups in total. The molecule has 2 aromatic carbocycles. The molecule has 5 nitrogen and oxygen atoms in total. The van der Waals surface area contributed by atoms with Crippen molar-refractivity contribution in [2.75, 3.05) is 11.9 Å². The molecule has 0 aliphatic rings. The smallest absolute Gasteiger partial charge is 0.319 e. The molecular formula is C20H22N4O. The second kappa shape index (κ2) is 7.30. The molecule has 0 atom stereocenters. The zero-order valence-corrected chi connectivity index (χ0v) is 14.8. The summed E-state index contributed by atoms with van der Waals surface area (Å²) in [7, 11) is 0. The van der Waals surface area contributed by atoms with E-state index in [1.165, 1.54) is 11.1 Å². The number of urea groups is 1. The quantitative estimate of drug-likeness (QED) is 0.760. The van der Waals surface area contributed by atoms with E-state index in [0.717, 1.165) is 28.8 Å². The van der Waals surface area contributed by atoms with Gasteiger partial charge in [-0.3, -0.25) is 0 Å². The van der Waals surface area contributed by atoms with E-state index in [-0.39, 0.29) is 6.03 Å². The maximum atomic E-state index is 12.1. The number of hydrogen-bond donors (Lipinski definition) is 2. The summed E-state index contributed by atoms with van der Waals surface area (Å²) in [6, 6.07) is 13.6. The Balaban J connectivity index is 1.59. The minimum Gasteiger partial charge on any atom is -0.338 e. The molecule has 0 unspecified atom stereocenters. The first-order valence-corrected chi connectivity index (χ1v) is 8.37. The number of benzene rings is 2. The fraction of sp³-hybridized carbons (Fsp3) is 0.250. The van der Waals surface area contributed by atoms with Crippen LogP contribution < -0.4 is 10.6 Å². The van der Waals surface area contributed by atoms with Gasteiger partial charge in [0.25, 0.3) is 0 Å². The van der Waals surface area contributed by atoms with E-state index < -0.39 is 0 Å². The van der Waals surface area contributed by atoms with Gasteiger partial charge < -0.3 is 10.6 Å². The van der Waals surface area contributed by atoms with Crippen molar-refractivity contribution in [2.45, 2.75) is 27.2 Å². The Morgan fingerprint density at radius 3 is 2.48 bits per heavy atom. The largest absolute Gasteiger partial charge is 0.338 e. The highest BCUT2D eigenvalue weighted by Crippen LogP contribution is 2.17. The first-order chi connectivity index (χ1) is 12.0. The van der Waals surface area contributed by atoms with Gasteiger partial charge in [0, 0.05) is 12.2 Å². The van der Waals surface area contributed by atoms with Gasteiger partial charge in [-0.25, -0.2) is 14.8 Å². The molecule has 25 heavy (non-hydrogen) atoms. The second-order valence-electron chi connectivity index (χ2n) is 6.22. The molecule has 3 rings (SSSR count). The number of anilines is 1. The van der Waals surface area contributed by atoms with Gasteiger partial charge >= 0.3 is 6.03 Å². The monoisotopic (exact) mass is 334 g/mol. The highest BCUT2D eigenvalue weighted by atomic mass is 16.2. The van der Waals surface area contributed by atoms with Crippen molar-refractivity contribution >= 4 is 22.8 Å². The molecule has 1 heterocycles. The number of nitrogens with zero attached hydrogens (tertiary/aromatic N) is 2. The normalized spacial score (nSPS) is 10.7. The van der Waals surface area contributed by atoms with Crippen molar-refractivity contribution in [3.8, 4) is 0 Å². The van der Waals surface area contributed by atoms with Crippen LogP contribution >= 0.6 is 0 Å². The molecule has 0 radical (unpaired) electrons. The Morgan fingerprint density at radius 1 is 0.960 bits per heavy atom. The Morgan fingerprint density at radius 2 is 1.72 bits per heavy atom. The van der Waals surface area contributed by atoms with E-state index in [1.807, 2.05) is 38.1 Å². The Hall–Kier alpha value is -2.95. The van der Waals surface area contributed by atoms with Gasteiger partial charge in [0.1, 0.15) is 0 Å². The van der Waals surface area contributed by atoms with Crippen LogP contribution in [0.5, 0.6) is 0 Å². The maximum absolute atomic E-state index is 12.1. The molecule has 0 fully saturated rings. The van der Waals surface area contributed by atoms with E-state index in [0.29, 0.717) is 12.2 Å². The van der Waals surface area contributed by atoms with Crippen LogP contribution in [0, 0.1) is 20.8 Å². The highest BCUT2D eigenvalue weighted by molar-refractivity contribution is 5.91. The van der Waals surface area contributed by atoms with E-state index in [9.17, 15) is 4.79 Å². The van der Waals surface area contributed by atoms with Crippen molar-refractivity contribution < 1.29 is 4.79 Å². The highest BCUT2D eigenvalue weighted by Gasteiger charge is 2.05. The molecule has 5 heteroatoms. The summed E-state index contributed by atoms with van der Waals surface area (Å²) in [5.74, 6) is 0. The van der Waals surface area contributed by atoms with E-state index in [2.05, 4.69) is 45.7 Å². The standard InChI is InChI=1S/C20H22N4O/c1-13-5-4-6-16(11-13)9-10-21-20(25)24-17-7-8-18-19(12-17)23-15(3)14(2)22-18/h4-8,11-12H,9-10H2,1-3H3,(H2,21,24,25). The summed E-state index contributed by atoms with van der Waals surface area (Å²) in [5.41, 5.74) is 6.57. The maximum Gasteiger partial charge on any atom is 0.319 e. The lowest BCUT2D eigenvalue weighted by molar-refractivity contribution is 0.252. The van der Waals surface area contributed by atoms with Crippen LogP contribution in [-0.2, 0) is 6.42 Å². The molecule has 0 aliphatic carbocycles. The average molecular weight is 334 g/mol. The molecule has 2 amide bonds. The molecule has 128 valence electrons. The van der Waals surface area contributed by atoms with Crippen molar-refractivity contribution in [3.63, 3.8) is 0 Å². The lowest BCUT2D eigenvalue weighted by atomic mass is 10.1. The third kappa shape index (κ3) is 4.32. The minimum atomic E-state index is -0.219. The van der Waals surface area contributed by atoms with E-state index in [4.69, 9.17) is 0 Å². The van der Waals surface area contributed by atoms with Crippen LogP contribution in [-0.4, -0.2) is 22.5 Å². The molecule has 0 bridgehead atoms. The zero-order chi connectivity index (χ0) is 17.8. The summed E-state index contributed by atoms with van der Waals surface area (Å²) in [5, 5.41) is 5.73. The number of amides is 2. The average Bonchev–Trinajstić information content (AvgIpc) is 2.56. The van der Waals surface area contributed by atoms with Crippen LogP contribution in [0.25, 0.3) is 11.0 Å². The first kappa shape index (κ1) is 16.9. The van der Waals surface area contributed by atoms with Gasteiger partial charge in [0.15, 0.2) is 0 Å². The Labute approximate surface area is 147 Å². The summed E-state index contributed by atoms with van der Waals surface area (Å²) in [6.07, 6.45) is 0.802. The molecule has 1 aromatic heterocycles. The zero-order valence-electron chi connectivity index (χ0n) is 14.8. The SMILES string of the molecule is Cc1cccc(CCNC(=O)Nc2ccc3nc(C)c(C)nc3c2)c1. The van der Waals surface area contributed by atoms with Crippen molar-refractivity contribution in [1.29, 1.82) is 0 Å². The van der Waals surface area contributed by atoms with Crippen molar-refractivity contribution in [1.82, 2.24) is 15.3 Å². The summed E-state index contributed by atoms with van der Waals surface area (Å²) in [6.45, 7) is 6.52. The molecule has 0 saturated carbocycles. The van der Waals surface area contributed by atoms with Crippen LogP contribution in [0.2, 0.25) is 0 Å². The minimum absolute atomic E-state index is 0.219. The number of rotatable bonds is 4. The summed E-state index contributed by atoms with van der Waals surface area (Å²) >= 11 is 0. The fourth-order valence-corrected chi connectivity index (χ4v) is 2.67. The predicted octanol–water partition coefficient (Wildman–Crippen LogP) is 3.92. The second-order valence-corrected chi connectivity index (χ2v) is 6.22. The van der Waals surface area contributed by atoms with Crippen molar-refractivity contribution in [3.05, 3.63) is 65.0 Å². The van der Waals surface area contributed by atoms with Gasteiger partial charge in [-0.2, -0.15) is 0 Å². The lowest BCUT2D eigenvalue weighted by Gasteiger charge is -2.09. The Bertz CT molecular complexity index is 921. The van der Waals surface area contributed by atoms with Gasteiger partial charge in [-0.1, -0.05) is 29.8 Å². The first-order valence-electron chi connectivity index (χ1n) is 8.37. The number of aryl methyl sites for hydroxylation is 3. The number of fused-ring (bicyclic) bond motifs is 1. The van der Waals surface area contributed by atoms with Crippen molar-refractivity contribution in [2.24, 2.45) is 0 Å². The van der Waals surface area contributed by atoms with Gasteiger partial charge in [-0.15, -0.1) is 0 Å². The summed E-state index contributed by atoms with van der Waals surface area (Å²) in [4.78, 5) is 21.1. The number of carbonyl (C=O) groups excluding carboxylic acids is 1. The number of carbonyl (C=O) groups is 1. The lowest BCUT2D eigenvalue weighted by Crippen LogP contribution is -2.30. The predicted molar refractivity (Wildman–Crippen MR) is 101 cm³/mol. The fourth-order valence-electron chi connectivity index (χ4n) is 2.67. The Kier molecular flexibility index (Phi) is 4.93. The number of nitrogens with one attached hydrogen (secondary N) is 2. The van der Waals surface area contributed by atoms with Crippen LogP contribution in [0.1, 0.15) is 22.5 Å². The molecule has 0 aliphatic heterocycles. The molecule has 0 spiro atoms. The van der Waals surface area contributed by atoms with Crippen LogP contribution in [0.3, 0.4) is 0 Å². The number of aromatic nitrogens is 2. The molecule has 3 aromatic rings. The van der Waals surface area contributed by atoms with Crippen LogP contribution in [0.4, 0.5) is 10.5 Å². The van der Waals surface area contributed by atoms with Gasteiger partial charge in [0.2, 0.25) is 0 Å². The van der Waals surface area contributed by atoms with Gasteiger partial charge in [-0.05, 0) is 51.0 Å². The summed E-state index contributed by atoms with van der Waals surface area (Å²) < 4.78 is 0. The number of hydrogen-bond acceptors (Lipinski definition) is 3. The van der Waals surface area contributed by atoms with Crippen LogP contribution in [0.15, 0.2) is 42.5 Å². The van der Waals surface area contributed by atoms with E-state index >= 15 is 0 Å². The van der Waals surface area contributed by atoms with Gasteiger partial charge in [0.05, 0.1) is 22.4 Å². The third-order valence-corrected chi connectivity index (χ3v) is 4.11. The topological polar surface area (TPSA) is 66.9 Å². The molecule has 0 saturated heterocycles. The third-order valence-electron chi connectivity index (χ3n) is 4.11. The van der Waals surface area contributed by atoms with E-state index in [1.54, 1.807) is 0 Å². The molecular weight excluding hydrogens is 312 g/mol.